The summed E-state index contributed by atoms with van der Waals surface area (Å²) in [6.45, 7) is 1.82. The van der Waals surface area contributed by atoms with Gasteiger partial charge in [-0.2, -0.15) is 5.10 Å². The number of aromatic hydroxyl groups is 1. The van der Waals surface area contributed by atoms with Gasteiger partial charge in [0.15, 0.2) is 5.82 Å². The van der Waals surface area contributed by atoms with E-state index in [9.17, 15) is 19.5 Å². The minimum atomic E-state index is -0.637. The Morgan fingerprint density at radius 3 is 2.56 bits per heavy atom. The number of halogens is 1. The van der Waals surface area contributed by atoms with Gasteiger partial charge in [0.1, 0.15) is 17.1 Å². The number of benzene rings is 3. The first kappa shape index (κ1) is 23.1. The molecule has 5 N–H and O–H groups in total. The smallest absolute Gasteiger partial charge is 0.256 e. The molecule has 0 saturated carbocycles. The first-order valence-corrected chi connectivity index (χ1v) is 11.4. The topological polar surface area (TPSA) is 136 Å². The maximum absolute atomic E-state index is 12.6. The number of anilines is 4. The zero-order valence-corrected chi connectivity index (χ0v) is 19.7. The van der Waals surface area contributed by atoms with Gasteiger partial charge in [0.2, 0.25) is 0 Å². The van der Waals surface area contributed by atoms with Crippen LogP contribution in [-0.2, 0) is 0 Å². The first-order valence-electron chi connectivity index (χ1n) is 11.0. The van der Waals surface area contributed by atoms with Gasteiger partial charge < -0.3 is 21.1 Å². The molecule has 0 aliphatic heterocycles. The number of phenols is 1. The average Bonchev–Trinajstić information content (AvgIpc) is 3.27. The predicted octanol–water partition coefficient (Wildman–Crippen LogP) is 4.69. The third-order valence-electron chi connectivity index (χ3n) is 5.79. The molecular weight excluding hydrogens is 482 g/mol. The molecule has 0 spiro atoms. The second kappa shape index (κ2) is 9.20. The van der Waals surface area contributed by atoms with E-state index in [-0.39, 0.29) is 29.1 Å². The lowest BCUT2D eigenvalue weighted by Crippen LogP contribution is -2.37. The second-order valence-electron chi connectivity index (χ2n) is 8.29. The number of fused-ring (bicyclic) bond motifs is 1. The van der Waals surface area contributed by atoms with Gasteiger partial charge in [-0.05, 0) is 61.0 Å². The van der Waals surface area contributed by atoms with Crippen molar-refractivity contribution in [1.29, 1.82) is 0 Å². The van der Waals surface area contributed by atoms with Gasteiger partial charge in [0.05, 0.1) is 5.52 Å². The molecule has 0 aliphatic carbocycles. The molecule has 5 rings (SSSR count). The van der Waals surface area contributed by atoms with Crippen molar-refractivity contribution in [3.8, 4) is 5.75 Å². The second-order valence-corrected chi connectivity index (χ2v) is 8.73. The van der Waals surface area contributed by atoms with E-state index in [1.54, 1.807) is 60.7 Å². The van der Waals surface area contributed by atoms with Crippen LogP contribution in [-0.4, -0.2) is 21.2 Å². The van der Waals surface area contributed by atoms with Crippen LogP contribution in [0.4, 0.5) is 22.9 Å². The molecule has 1 heterocycles. The van der Waals surface area contributed by atoms with Crippen LogP contribution in [0.5, 0.6) is 5.75 Å². The molecule has 10 heteroatoms. The molecule has 180 valence electrons. The Labute approximate surface area is 209 Å². The molecule has 0 fully saturated rings. The Hall–Kier alpha value is -4.63. The third-order valence-corrected chi connectivity index (χ3v) is 6.03. The standard InChI is InChI=1S/C26H20ClN5O4/c1-13(14-4-3-7-18(33)11-14)28-21-22(24(35)23(21)34)29-17-8-9-20-19(12-17)25(32-31-20)30-26(36)15-5-2-6-16(27)10-15/h2-13,28-29,33H,1H3,(H2,30,31,32,36)/t13-/m1/s1. The van der Waals surface area contributed by atoms with Crippen molar-refractivity contribution in [2.75, 3.05) is 16.0 Å². The molecule has 4 aromatic carbocycles. The summed E-state index contributed by atoms with van der Waals surface area (Å²) in [5, 5.41) is 26.6. The van der Waals surface area contributed by atoms with Crippen LogP contribution >= 0.6 is 11.6 Å². The number of hydrogen-bond acceptors (Lipinski definition) is 7. The molecule has 0 saturated heterocycles. The van der Waals surface area contributed by atoms with E-state index in [1.807, 2.05) is 13.0 Å². The number of nitrogens with zero attached hydrogens (tertiary/aromatic N) is 1. The van der Waals surface area contributed by atoms with Crippen molar-refractivity contribution in [3.63, 3.8) is 0 Å². The minimum Gasteiger partial charge on any atom is -0.508 e. The Kier molecular flexibility index (Phi) is 5.91. The zero-order chi connectivity index (χ0) is 25.4. The highest BCUT2D eigenvalue weighted by molar-refractivity contribution is 6.31. The number of aromatic nitrogens is 2. The molecule has 1 atom stereocenters. The van der Waals surface area contributed by atoms with E-state index in [2.05, 4.69) is 26.1 Å². The summed E-state index contributed by atoms with van der Waals surface area (Å²) in [5.41, 5.74) is 1.38. The van der Waals surface area contributed by atoms with Crippen LogP contribution in [0.25, 0.3) is 10.9 Å². The fourth-order valence-electron chi connectivity index (χ4n) is 3.88. The Morgan fingerprint density at radius 2 is 1.78 bits per heavy atom. The average molecular weight is 502 g/mol. The number of phenolic OH excluding ortho intramolecular Hbond substituents is 1. The largest absolute Gasteiger partial charge is 0.508 e. The van der Waals surface area contributed by atoms with E-state index < -0.39 is 10.9 Å². The third kappa shape index (κ3) is 4.39. The fraction of sp³-hybridized carbons (Fsp3) is 0.0769. The SMILES string of the molecule is C[C@@H](Nc1c(Nc2ccc3[nH]nc(NC(=O)c4cccc(Cl)c4)c3c2)c(=O)c1=O)c1cccc(O)c1. The number of aromatic amines is 1. The van der Waals surface area contributed by atoms with Crippen LogP contribution in [0, 0.1) is 0 Å². The van der Waals surface area contributed by atoms with Crippen molar-refractivity contribution >= 4 is 51.3 Å². The highest BCUT2D eigenvalue weighted by Gasteiger charge is 2.23. The van der Waals surface area contributed by atoms with E-state index in [0.29, 0.717) is 33.0 Å². The normalized spacial score (nSPS) is 11.9. The Balaban J connectivity index is 1.38. The molecule has 9 nitrogen and oxygen atoms in total. The van der Waals surface area contributed by atoms with Crippen molar-refractivity contribution in [2.24, 2.45) is 0 Å². The molecule has 0 unspecified atom stereocenters. The fourth-order valence-corrected chi connectivity index (χ4v) is 4.07. The van der Waals surface area contributed by atoms with Crippen LogP contribution < -0.4 is 26.8 Å². The van der Waals surface area contributed by atoms with E-state index in [1.165, 1.54) is 0 Å². The van der Waals surface area contributed by atoms with Crippen molar-refractivity contribution in [2.45, 2.75) is 13.0 Å². The zero-order valence-electron chi connectivity index (χ0n) is 18.9. The Morgan fingerprint density at radius 1 is 1.00 bits per heavy atom. The van der Waals surface area contributed by atoms with Crippen LogP contribution in [0.1, 0.15) is 28.9 Å². The van der Waals surface area contributed by atoms with Gasteiger partial charge in [0.25, 0.3) is 16.8 Å². The molecule has 5 aromatic rings. The van der Waals surface area contributed by atoms with Gasteiger partial charge in [-0.3, -0.25) is 19.5 Å². The molecule has 1 amide bonds. The highest BCUT2D eigenvalue weighted by atomic mass is 35.5. The number of nitrogens with one attached hydrogen (secondary N) is 4. The Bertz CT molecular complexity index is 1690. The summed E-state index contributed by atoms with van der Waals surface area (Å²) in [6.07, 6.45) is 0. The van der Waals surface area contributed by atoms with Crippen molar-refractivity contribution in [3.05, 3.63) is 103 Å². The van der Waals surface area contributed by atoms with E-state index >= 15 is 0 Å². The van der Waals surface area contributed by atoms with Crippen LogP contribution in [0.15, 0.2) is 76.3 Å². The predicted molar refractivity (Wildman–Crippen MR) is 140 cm³/mol. The molecular formula is C26H20ClN5O4. The lowest BCUT2D eigenvalue weighted by atomic mass is 10.1. The lowest BCUT2D eigenvalue weighted by Gasteiger charge is -2.20. The maximum Gasteiger partial charge on any atom is 0.256 e. The summed E-state index contributed by atoms with van der Waals surface area (Å²) in [6, 6.07) is 18.1. The van der Waals surface area contributed by atoms with Gasteiger partial charge in [0, 0.05) is 27.7 Å². The lowest BCUT2D eigenvalue weighted by molar-refractivity contribution is 0.102. The number of rotatable bonds is 7. The van der Waals surface area contributed by atoms with Crippen LogP contribution in [0.3, 0.4) is 0 Å². The maximum atomic E-state index is 12.6. The highest BCUT2D eigenvalue weighted by Crippen LogP contribution is 2.29. The molecule has 36 heavy (non-hydrogen) atoms. The number of H-pyrrole nitrogens is 1. The number of carbonyl (C=O) groups excluding carboxylic acids is 1. The van der Waals surface area contributed by atoms with Crippen molar-refractivity contribution in [1.82, 2.24) is 10.2 Å². The summed E-state index contributed by atoms with van der Waals surface area (Å²) in [5.74, 6) is 0.0368. The molecule has 0 aliphatic rings. The van der Waals surface area contributed by atoms with E-state index in [4.69, 9.17) is 11.6 Å². The summed E-state index contributed by atoms with van der Waals surface area (Å²) < 4.78 is 0. The number of hydrogen-bond donors (Lipinski definition) is 5. The summed E-state index contributed by atoms with van der Waals surface area (Å²) >= 11 is 5.98. The summed E-state index contributed by atoms with van der Waals surface area (Å²) in [4.78, 5) is 37.2. The molecule has 0 bridgehead atoms. The van der Waals surface area contributed by atoms with Gasteiger partial charge >= 0.3 is 0 Å². The number of carbonyl (C=O) groups is 1. The summed E-state index contributed by atoms with van der Waals surface area (Å²) in [7, 11) is 0. The van der Waals surface area contributed by atoms with Crippen molar-refractivity contribution < 1.29 is 9.90 Å². The van der Waals surface area contributed by atoms with Gasteiger partial charge in [-0.1, -0.05) is 29.8 Å². The van der Waals surface area contributed by atoms with E-state index in [0.717, 1.165) is 5.56 Å². The van der Waals surface area contributed by atoms with Crippen LogP contribution in [0.2, 0.25) is 5.02 Å². The number of amides is 1. The first-order chi connectivity index (χ1) is 17.3. The molecule has 1 aromatic heterocycles. The van der Waals surface area contributed by atoms with Gasteiger partial charge in [-0.15, -0.1) is 0 Å². The molecule has 0 radical (unpaired) electrons. The minimum absolute atomic E-state index is 0.108. The monoisotopic (exact) mass is 501 g/mol. The van der Waals surface area contributed by atoms with Gasteiger partial charge in [-0.25, -0.2) is 0 Å². The quantitative estimate of drug-likeness (QED) is 0.204.